The highest BCUT2D eigenvalue weighted by atomic mass is 32.1. The molecule has 0 saturated heterocycles. The zero-order valence-corrected chi connectivity index (χ0v) is 20.4. The zero-order chi connectivity index (χ0) is 23.2. The molecule has 0 unspecified atom stereocenters. The number of thiophene rings is 1. The van der Waals surface area contributed by atoms with Gasteiger partial charge in [-0.05, 0) is 70.5 Å². The Morgan fingerprint density at radius 3 is 2.21 bits per heavy atom. The Labute approximate surface area is 201 Å². The highest BCUT2D eigenvalue weighted by Crippen LogP contribution is 2.32. The van der Waals surface area contributed by atoms with E-state index in [1.165, 1.54) is 11.1 Å². The Kier molecular flexibility index (Phi) is 7.41. The first-order chi connectivity index (χ1) is 16.2. The number of nitrogens with zero attached hydrogens (tertiary/aromatic N) is 1. The molecule has 2 nitrogen and oxygen atoms in total. The number of aryl methyl sites for hydroxylation is 1. The largest absolute Gasteiger partial charge is 0.331 e. The summed E-state index contributed by atoms with van der Waals surface area (Å²) in [6.07, 6.45) is 1.82. The molecule has 1 heterocycles. The van der Waals surface area contributed by atoms with Gasteiger partial charge in [-0.3, -0.25) is 4.79 Å². The molecular weight excluding hydrogens is 422 g/mol. The minimum absolute atomic E-state index is 0.117. The van der Waals surface area contributed by atoms with Crippen LogP contribution in [0.4, 0.5) is 0 Å². The first-order valence-electron chi connectivity index (χ1n) is 11.7. The third kappa shape index (κ3) is 5.09. The summed E-state index contributed by atoms with van der Waals surface area (Å²) in [7, 11) is 0. The number of carbonyl (C=O) groups excluding carboxylic acids is 1. The quantitative estimate of drug-likeness (QED) is 0.305. The highest BCUT2D eigenvalue weighted by molar-refractivity contribution is 7.08. The fraction of sp³-hybridized carbons (Fsp3) is 0.233. The smallest absolute Gasteiger partial charge is 0.255 e. The molecule has 0 atom stereocenters. The molecule has 33 heavy (non-hydrogen) atoms. The topological polar surface area (TPSA) is 20.3 Å². The van der Waals surface area contributed by atoms with Gasteiger partial charge in [0.2, 0.25) is 0 Å². The first kappa shape index (κ1) is 23.0. The lowest BCUT2D eigenvalue weighted by atomic mass is 9.97. The maximum atomic E-state index is 14.1. The summed E-state index contributed by atoms with van der Waals surface area (Å²) in [6, 6.07) is 27.4. The molecule has 0 N–H and O–H groups in total. The molecule has 1 amide bonds. The Hall–Kier alpha value is -3.17. The molecule has 168 valence electrons. The SMILES string of the molecule is CC.Cc1ccc(-c2ccsc2)c(C(=O)N(Cc2ccccc2)C2Cc3ccccc3C2)c1. The molecule has 0 fully saturated rings. The number of benzene rings is 3. The summed E-state index contributed by atoms with van der Waals surface area (Å²) in [5.41, 5.74) is 7.92. The van der Waals surface area contributed by atoms with E-state index < -0.39 is 0 Å². The van der Waals surface area contributed by atoms with Gasteiger partial charge in [0.05, 0.1) is 0 Å². The van der Waals surface area contributed by atoms with Crippen LogP contribution in [-0.2, 0) is 19.4 Å². The van der Waals surface area contributed by atoms with Gasteiger partial charge in [-0.25, -0.2) is 0 Å². The van der Waals surface area contributed by atoms with E-state index in [1.54, 1.807) is 11.3 Å². The fourth-order valence-corrected chi connectivity index (χ4v) is 5.22. The van der Waals surface area contributed by atoms with E-state index in [-0.39, 0.29) is 11.9 Å². The number of hydrogen-bond donors (Lipinski definition) is 0. The van der Waals surface area contributed by atoms with Crippen molar-refractivity contribution in [3.05, 3.63) is 117 Å². The first-order valence-corrected chi connectivity index (χ1v) is 12.7. The Balaban J connectivity index is 0.00000126. The van der Waals surface area contributed by atoms with Crippen LogP contribution >= 0.6 is 11.3 Å². The van der Waals surface area contributed by atoms with Crippen molar-refractivity contribution in [1.29, 1.82) is 0 Å². The van der Waals surface area contributed by atoms with Crippen molar-refractivity contribution in [3.63, 3.8) is 0 Å². The minimum atomic E-state index is 0.117. The van der Waals surface area contributed by atoms with Crippen molar-refractivity contribution in [2.45, 2.75) is 46.2 Å². The van der Waals surface area contributed by atoms with Gasteiger partial charge in [0.1, 0.15) is 0 Å². The maximum Gasteiger partial charge on any atom is 0.255 e. The number of hydrogen-bond acceptors (Lipinski definition) is 2. The molecule has 0 bridgehead atoms. The number of fused-ring (bicyclic) bond motifs is 1. The predicted octanol–water partition coefficient (Wildman–Crippen LogP) is 7.56. The van der Waals surface area contributed by atoms with Gasteiger partial charge in [0.25, 0.3) is 5.91 Å². The molecule has 0 saturated carbocycles. The van der Waals surface area contributed by atoms with E-state index in [1.807, 2.05) is 32.0 Å². The van der Waals surface area contributed by atoms with Gasteiger partial charge in [-0.2, -0.15) is 11.3 Å². The van der Waals surface area contributed by atoms with E-state index in [0.717, 1.165) is 40.7 Å². The average Bonchev–Trinajstić information content (AvgIpc) is 3.54. The Morgan fingerprint density at radius 1 is 0.909 bits per heavy atom. The molecule has 0 radical (unpaired) electrons. The van der Waals surface area contributed by atoms with E-state index in [2.05, 4.69) is 83.2 Å². The monoisotopic (exact) mass is 453 g/mol. The predicted molar refractivity (Wildman–Crippen MR) is 140 cm³/mol. The van der Waals surface area contributed by atoms with Crippen molar-refractivity contribution in [1.82, 2.24) is 4.90 Å². The normalized spacial score (nSPS) is 12.6. The number of amides is 1. The summed E-state index contributed by atoms with van der Waals surface area (Å²) in [5.74, 6) is 0.117. The van der Waals surface area contributed by atoms with Crippen LogP contribution in [0.2, 0.25) is 0 Å². The summed E-state index contributed by atoms with van der Waals surface area (Å²) in [5, 5.41) is 4.19. The van der Waals surface area contributed by atoms with Crippen LogP contribution in [0.5, 0.6) is 0 Å². The fourth-order valence-electron chi connectivity index (χ4n) is 4.56. The van der Waals surface area contributed by atoms with Crippen molar-refractivity contribution in [3.8, 4) is 11.1 Å². The van der Waals surface area contributed by atoms with Crippen LogP contribution < -0.4 is 0 Å². The van der Waals surface area contributed by atoms with Crippen LogP contribution in [0.25, 0.3) is 11.1 Å². The van der Waals surface area contributed by atoms with Crippen LogP contribution in [-0.4, -0.2) is 16.8 Å². The average molecular weight is 454 g/mol. The second-order valence-corrected chi connectivity index (χ2v) is 9.09. The second-order valence-electron chi connectivity index (χ2n) is 8.31. The Morgan fingerprint density at radius 2 is 1.58 bits per heavy atom. The number of carbonyl (C=O) groups is 1. The van der Waals surface area contributed by atoms with Crippen molar-refractivity contribution in [2.24, 2.45) is 0 Å². The lowest BCUT2D eigenvalue weighted by Crippen LogP contribution is -2.40. The van der Waals surface area contributed by atoms with Gasteiger partial charge < -0.3 is 4.90 Å². The Bertz CT molecular complexity index is 1170. The third-order valence-electron chi connectivity index (χ3n) is 6.16. The van der Waals surface area contributed by atoms with E-state index in [9.17, 15) is 4.79 Å². The molecule has 1 aromatic heterocycles. The standard InChI is InChI=1S/C28H25NOS.C2H6/c1-20-11-12-26(24-13-14-31-19-24)27(15-20)28(30)29(18-21-7-3-2-4-8-21)25-16-22-9-5-6-10-23(22)17-25;1-2/h2-15,19,25H,16-18H2,1H3;1-2H3. The summed E-state index contributed by atoms with van der Waals surface area (Å²) < 4.78 is 0. The van der Waals surface area contributed by atoms with Crippen molar-refractivity contribution < 1.29 is 4.79 Å². The summed E-state index contributed by atoms with van der Waals surface area (Å²) >= 11 is 1.66. The van der Waals surface area contributed by atoms with Crippen LogP contribution in [0, 0.1) is 6.92 Å². The van der Waals surface area contributed by atoms with E-state index in [4.69, 9.17) is 0 Å². The molecular formula is C30H31NOS. The van der Waals surface area contributed by atoms with Crippen molar-refractivity contribution >= 4 is 17.2 Å². The van der Waals surface area contributed by atoms with Crippen LogP contribution in [0.1, 0.15) is 46.5 Å². The number of rotatable bonds is 5. The maximum absolute atomic E-state index is 14.1. The molecule has 1 aliphatic rings. The summed E-state index contributed by atoms with van der Waals surface area (Å²) in [6.45, 7) is 6.68. The van der Waals surface area contributed by atoms with Gasteiger partial charge in [0.15, 0.2) is 0 Å². The van der Waals surface area contributed by atoms with Gasteiger partial charge in [-0.15, -0.1) is 0 Å². The van der Waals surface area contributed by atoms with Crippen LogP contribution in [0.15, 0.2) is 89.6 Å². The minimum Gasteiger partial charge on any atom is -0.331 e. The van der Waals surface area contributed by atoms with E-state index >= 15 is 0 Å². The second kappa shape index (κ2) is 10.6. The summed E-state index contributed by atoms with van der Waals surface area (Å²) in [4.78, 5) is 16.2. The highest BCUT2D eigenvalue weighted by Gasteiger charge is 2.31. The van der Waals surface area contributed by atoms with Crippen LogP contribution in [0.3, 0.4) is 0 Å². The van der Waals surface area contributed by atoms with Gasteiger partial charge >= 0.3 is 0 Å². The molecule has 5 rings (SSSR count). The molecule has 0 spiro atoms. The van der Waals surface area contributed by atoms with Crippen molar-refractivity contribution in [2.75, 3.05) is 0 Å². The third-order valence-corrected chi connectivity index (χ3v) is 6.85. The molecule has 0 aliphatic heterocycles. The van der Waals surface area contributed by atoms with E-state index in [0.29, 0.717) is 6.54 Å². The molecule has 4 aromatic rings. The molecule has 3 heteroatoms. The lowest BCUT2D eigenvalue weighted by Gasteiger charge is -2.30. The molecule has 3 aromatic carbocycles. The molecule has 1 aliphatic carbocycles. The lowest BCUT2D eigenvalue weighted by molar-refractivity contribution is 0.0668. The zero-order valence-electron chi connectivity index (χ0n) is 19.6. The van der Waals surface area contributed by atoms with Gasteiger partial charge in [0, 0.05) is 18.2 Å². The van der Waals surface area contributed by atoms with Gasteiger partial charge in [-0.1, -0.05) is 86.1 Å².